The number of carbonyl (C=O) groups excluding carboxylic acids is 1. The van der Waals surface area contributed by atoms with E-state index in [0.717, 1.165) is 68.5 Å². The molecule has 0 atom stereocenters. The Labute approximate surface area is 200 Å². The lowest BCUT2D eigenvalue weighted by Gasteiger charge is -2.36. The number of methoxy groups -OCH3 is 1. The minimum absolute atomic E-state index is 0.0230. The average molecular weight is 467 g/mol. The quantitative estimate of drug-likeness (QED) is 0.437. The van der Waals surface area contributed by atoms with Crippen LogP contribution in [0.2, 0.25) is 5.02 Å². The summed E-state index contributed by atoms with van der Waals surface area (Å²) in [4.78, 5) is 17.3. The number of hydrogen-bond acceptors (Lipinski definition) is 4. The van der Waals surface area contributed by atoms with E-state index in [1.54, 1.807) is 13.2 Å². The number of halogens is 1. The number of benzene rings is 2. The van der Waals surface area contributed by atoms with Gasteiger partial charge in [0.1, 0.15) is 17.1 Å². The molecule has 0 N–H and O–H groups in total. The van der Waals surface area contributed by atoms with E-state index >= 15 is 0 Å². The molecule has 4 rings (SSSR count). The first-order valence-corrected chi connectivity index (χ1v) is 11.6. The topological polar surface area (TPSA) is 45.9 Å². The van der Waals surface area contributed by atoms with Gasteiger partial charge in [-0.15, -0.1) is 0 Å². The lowest BCUT2D eigenvalue weighted by molar-refractivity contribution is -0.126. The lowest BCUT2D eigenvalue weighted by atomic mass is 9.98. The predicted molar refractivity (Wildman–Crippen MR) is 136 cm³/mol. The summed E-state index contributed by atoms with van der Waals surface area (Å²) in [7, 11) is 1.66. The molecule has 1 aromatic heterocycles. The highest BCUT2D eigenvalue weighted by atomic mass is 35.5. The van der Waals surface area contributed by atoms with Gasteiger partial charge in [0.25, 0.3) is 0 Å². The molecule has 2 aromatic carbocycles. The van der Waals surface area contributed by atoms with E-state index in [2.05, 4.69) is 24.8 Å². The molecule has 1 fully saturated rings. The first-order chi connectivity index (χ1) is 15.7. The molecule has 33 heavy (non-hydrogen) atoms. The zero-order chi connectivity index (χ0) is 23.9. The van der Waals surface area contributed by atoms with Crippen LogP contribution in [0.15, 0.2) is 34.8 Å². The van der Waals surface area contributed by atoms with Crippen molar-refractivity contribution in [1.29, 1.82) is 0 Å². The molecule has 6 heteroatoms. The maximum Gasteiger partial charge on any atom is 0.246 e. The summed E-state index contributed by atoms with van der Waals surface area (Å²) in [6, 6.07) is 8.03. The number of furan rings is 1. The van der Waals surface area contributed by atoms with E-state index in [9.17, 15) is 4.79 Å². The van der Waals surface area contributed by atoms with Crippen LogP contribution in [0.4, 0.5) is 5.69 Å². The van der Waals surface area contributed by atoms with E-state index in [0.29, 0.717) is 13.1 Å². The van der Waals surface area contributed by atoms with Crippen molar-refractivity contribution in [2.24, 2.45) is 0 Å². The van der Waals surface area contributed by atoms with Crippen molar-refractivity contribution in [1.82, 2.24) is 4.90 Å². The Hall–Kier alpha value is -2.92. The molecule has 0 saturated carbocycles. The summed E-state index contributed by atoms with van der Waals surface area (Å²) in [5, 5.41) is 1.79. The van der Waals surface area contributed by atoms with Crippen molar-refractivity contribution in [2.75, 3.05) is 38.2 Å². The van der Waals surface area contributed by atoms with E-state index in [1.165, 1.54) is 5.56 Å². The Morgan fingerprint density at radius 1 is 1.06 bits per heavy atom. The molecular formula is C27H31ClN2O3. The number of fused-ring (bicyclic) bond motifs is 1. The van der Waals surface area contributed by atoms with Crippen LogP contribution >= 0.6 is 11.6 Å². The second kappa shape index (κ2) is 9.14. The summed E-state index contributed by atoms with van der Waals surface area (Å²) >= 11 is 6.20. The molecule has 3 aromatic rings. The Bertz CT molecular complexity index is 1250. The molecule has 0 spiro atoms. The minimum atomic E-state index is 0.0230. The molecule has 0 unspecified atom stereocenters. The largest absolute Gasteiger partial charge is 0.496 e. The fourth-order valence-electron chi connectivity index (χ4n) is 4.61. The van der Waals surface area contributed by atoms with Gasteiger partial charge < -0.3 is 19.0 Å². The Morgan fingerprint density at radius 2 is 1.76 bits per heavy atom. The van der Waals surface area contributed by atoms with Crippen molar-refractivity contribution in [3.05, 3.63) is 63.4 Å². The van der Waals surface area contributed by atoms with Crippen LogP contribution in [0.25, 0.3) is 16.5 Å². The number of ether oxygens (including phenoxy) is 1. The van der Waals surface area contributed by atoms with Gasteiger partial charge in [-0.3, -0.25) is 4.79 Å². The van der Waals surface area contributed by atoms with Crippen molar-refractivity contribution in [3.8, 4) is 5.75 Å². The van der Waals surface area contributed by atoms with Gasteiger partial charge in [0.2, 0.25) is 5.91 Å². The molecule has 1 aliphatic rings. The fourth-order valence-corrected chi connectivity index (χ4v) is 4.78. The van der Waals surface area contributed by atoms with Crippen LogP contribution in [0.3, 0.4) is 0 Å². The Balaban J connectivity index is 1.55. The van der Waals surface area contributed by atoms with Gasteiger partial charge >= 0.3 is 0 Å². The molecule has 1 aliphatic heterocycles. The highest BCUT2D eigenvalue weighted by Gasteiger charge is 2.23. The summed E-state index contributed by atoms with van der Waals surface area (Å²) < 4.78 is 11.7. The van der Waals surface area contributed by atoms with Crippen LogP contribution in [0.1, 0.15) is 34.9 Å². The standard InChI is InChI=1S/C27H31ClN2O3/c1-16-7-8-21(28)14-24(16)29-9-11-30(12-10-29)25(31)13-17(2)22-15-23-18(3)20(5)33-27(23)19(4)26(22)32-6/h7-8,13-15H,9-12H2,1-6H3/b17-13+. The number of carbonyl (C=O) groups is 1. The number of allylic oxidation sites excluding steroid dienone is 1. The molecule has 2 heterocycles. The molecule has 174 valence electrons. The number of hydrogen-bond donors (Lipinski definition) is 0. The van der Waals surface area contributed by atoms with Gasteiger partial charge in [-0.2, -0.15) is 0 Å². The van der Waals surface area contributed by atoms with Gasteiger partial charge in [0.15, 0.2) is 0 Å². The van der Waals surface area contributed by atoms with Gasteiger partial charge in [-0.25, -0.2) is 0 Å². The maximum atomic E-state index is 13.1. The summed E-state index contributed by atoms with van der Waals surface area (Å²) in [5.74, 6) is 1.67. The number of anilines is 1. The van der Waals surface area contributed by atoms with Gasteiger partial charge in [0.05, 0.1) is 7.11 Å². The first kappa shape index (κ1) is 23.2. The Kier molecular flexibility index (Phi) is 6.44. The van der Waals surface area contributed by atoms with Crippen LogP contribution in [0.5, 0.6) is 5.75 Å². The van der Waals surface area contributed by atoms with Crippen LogP contribution < -0.4 is 9.64 Å². The molecule has 0 aliphatic carbocycles. The molecular weight excluding hydrogens is 436 g/mol. The van der Waals surface area contributed by atoms with Crippen LogP contribution in [0, 0.1) is 27.7 Å². The van der Waals surface area contributed by atoms with Gasteiger partial charge in [-0.1, -0.05) is 17.7 Å². The third kappa shape index (κ3) is 4.34. The van der Waals surface area contributed by atoms with Crippen molar-refractivity contribution >= 4 is 39.7 Å². The summed E-state index contributed by atoms with van der Waals surface area (Å²) in [6.45, 7) is 13.0. The Morgan fingerprint density at radius 3 is 2.42 bits per heavy atom. The van der Waals surface area contributed by atoms with Crippen LogP contribution in [-0.4, -0.2) is 44.1 Å². The number of nitrogens with zero attached hydrogens (tertiary/aromatic N) is 2. The monoisotopic (exact) mass is 466 g/mol. The number of amides is 1. The van der Waals surface area contributed by atoms with Crippen molar-refractivity contribution < 1.29 is 13.9 Å². The highest BCUT2D eigenvalue weighted by Crippen LogP contribution is 2.38. The normalized spacial score (nSPS) is 14.8. The van der Waals surface area contributed by atoms with E-state index < -0.39 is 0 Å². The van der Waals surface area contributed by atoms with Gasteiger partial charge in [-0.05, 0) is 69.5 Å². The third-order valence-electron chi connectivity index (χ3n) is 6.72. The molecule has 0 bridgehead atoms. The van der Waals surface area contributed by atoms with E-state index in [-0.39, 0.29) is 5.91 Å². The van der Waals surface area contributed by atoms with Crippen LogP contribution in [-0.2, 0) is 4.79 Å². The zero-order valence-corrected chi connectivity index (χ0v) is 21.0. The molecule has 1 amide bonds. The van der Waals surface area contributed by atoms with E-state index in [4.69, 9.17) is 20.8 Å². The molecule has 5 nitrogen and oxygen atoms in total. The fraction of sp³-hybridized carbons (Fsp3) is 0.370. The SMILES string of the molecule is COc1c(/C(C)=C/C(=O)N2CCN(c3cc(Cl)ccc3C)CC2)cc2c(C)c(C)oc2c1C. The number of aryl methyl sites for hydroxylation is 4. The molecule has 0 radical (unpaired) electrons. The smallest absolute Gasteiger partial charge is 0.246 e. The van der Waals surface area contributed by atoms with E-state index in [1.807, 2.05) is 43.9 Å². The second-order valence-corrected chi connectivity index (χ2v) is 9.25. The molecule has 1 saturated heterocycles. The maximum absolute atomic E-state index is 13.1. The third-order valence-corrected chi connectivity index (χ3v) is 6.95. The lowest BCUT2D eigenvalue weighted by Crippen LogP contribution is -2.48. The summed E-state index contributed by atoms with van der Waals surface area (Å²) in [6.07, 6.45) is 1.73. The highest BCUT2D eigenvalue weighted by molar-refractivity contribution is 6.30. The zero-order valence-electron chi connectivity index (χ0n) is 20.2. The average Bonchev–Trinajstić information content (AvgIpc) is 3.09. The number of piperazine rings is 1. The summed E-state index contributed by atoms with van der Waals surface area (Å²) in [5.41, 5.74) is 7.05. The van der Waals surface area contributed by atoms with Crippen molar-refractivity contribution in [2.45, 2.75) is 34.6 Å². The van der Waals surface area contributed by atoms with Crippen molar-refractivity contribution in [3.63, 3.8) is 0 Å². The minimum Gasteiger partial charge on any atom is -0.496 e. The first-order valence-electron chi connectivity index (χ1n) is 11.3. The number of rotatable bonds is 4. The second-order valence-electron chi connectivity index (χ2n) is 8.81. The van der Waals surface area contributed by atoms with Gasteiger partial charge in [0, 0.05) is 59.5 Å². The predicted octanol–water partition coefficient (Wildman–Crippen LogP) is 6.08.